The minimum absolute atomic E-state index is 0.0423. The highest BCUT2D eigenvalue weighted by atomic mass is 35.5. The van der Waals surface area contributed by atoms with Crippen molar-refractivity contribution in [2.24, 2.45) is 11.1 Å². The highest BCUT2D eigenvalue weighted by molar-refractivity contribution is 7.92. The van der Waals surface area contributed by atoms with Crippen LogP contribution in [0.25, 0.3) is 0 Å². The van der Waals surface area contributed by atoms with Gasteiger partial charge in [-0.3, -0.25) is 9.59 Å². The maximum atomic E-state index is 13.7. The van der Waals surface area contributed by atoms with Crippen LogP contribution in [-0.4, -0.2) is 85.5 Å². The number of oxime groups is 1. The van der Waals surface area contributed by atoms with Crippen molar-refractivity contribution in [1.29, 1.82) is 0 Å². The molecule has 2 fully saturated rings. The van der Waals surface area contributed by atoms with E-state index in [1.807, 2.05) is 30.0 Å². The Bertz CT molecular complexity index is 1400. The lowest BCUT2D eigenvalue weighted by Gasteiger charge is -2.35. The summed E-state index contributed by atoms with van der Waals surface area (Å²) in [4.78, 5) is 31.6. The van der Waals surface area contributed by atoms with Crippen molar-refractivity contribution >= 4 is 44.7 Å². The first-order valence-electron chi connectivity index (χ1n) is 14.6. The predicted octanol–water partition coefficient (Wildman–Crippen LogP) is 4.77. The van der Waals surface area contributed by atoms with E-state index in [2.05, 4.69) is 10.1 Å². The molecule has 2 aromatic carbocycles. The normalized spacial score (nSPS) is 17.8. The summed E-state index contributed by atoms with van der Waals surface area (Å²) < 4.78 is 26.5. The number of benzene rings is 2. The minimum Gasteiger partial charge on any atom is -0.411 e. The molecule has 0 radical (unpaired) electrons. The summed E-state index contributed by atoms with van der Waals surface area (Å²) in [5.41, 5.74) is 2.83. The van der Waals surface area contributed by atoms with Crippen LogP contribution in [0.5, 0.6) is 0 Å². The van der Waals surface area contributed by atoms with E-state index in [1.54, 1.807) is 43.0 Å². The zero-order valence-electron chi connectivity index (χ0n) is 24.6. The fourth-order valence-corrected chi connectivity index (χ4v) is 7.72. The molecule has 11 heteroatoms. The molecule has 2 aliphatic rings. The topological polar surface area (TPSA) is 111 Å². The summed E-state index contributed by atoms with van der Waals surface area (Å²) in [5.74, 6) is -0.0365. The van der Waals surface area contributed by atoms with Crippen molar-refractivity contribution in [3.8, 4) is 0 Å². The van der Waals surface area contributed by atoms with Gasteiger partial charge < -0.3 is 19.9 Å². The number of piperidine rings is 2. The van der Waals surface area contributed by atoms with Gasteiger partial charge in [-0.2, -0.15) is 0 Å². The molecular weight excluding hydrogens is 576 g/mol. The number of anilines is 1. The van der Waals surface area contributed by atoms with Crippen molar-refractivity contribution < 1.29 is 23.2 Å². The number of amides is 2. The molecular formula is C31H41ClN4O5S. The molecule has 0 spiro atoms. The van der Waals surface area contributed by atoms with Gasteiger partial charge in [0.25, 0.3) is 0 Å². The van der Waals surface area contributed by atoms with Gasteiger partial charge >= 0.3 is 0 Å². The molecule has 0 aromatic heterocycles. The third-order valence-corrected chi connectivity index (χ3v) is 11.3. The number of rotatable bonds is 9. The molecule has 42 heavy (non-hydrogen) atoms. The molecule has 0 aliphatic carbocycles. The molecule has 2 heterocycles. The third-order valence-electron chi connectivity index (χ3n) is 8.60. The maximum absolute atomic E-state index is 13.7. The van der Waals surface area contributed by atoms with E-state index in [1.165, 1.54) is 0 Å². The molecule has 0 atom stereocenters. The average molecular weight is 617 g/mol. The number of nitrogens with zero attached hydrogens (tertiary/aromatic N) is 4. The van der Waals surface area contributed by atoms with Crippen molar-refractivity contribution in [1.82, 2.24) is 9.80 Å². The number of likely N-dealkylation sites (tertiary alicyclic amines) is 2. The first-order valence-corrected chi connectivity index (χ1v) is 16.5. The van der Waals surface area contributed by atoms with E-state index in [9.17, 15) is 18.0 Å². The highest BCUT2D eigenvalue weighted by Crippen LogP contribution is 2.29. The van der Waals surface area contributed by atoms with Gasteiger partial charge in [-0.15, -0.1) is 0 Å². The summed E-state index contributed by atoms with van der Waals surface area (Å²) in [6.45, 7) is 8.97. The molecule has 2 amide bonds. The Balaban J connectivity index is 1.34. The van der Waals surface area contributed by atoms with Crippen LogP contribution in [0.2, 0.25) is 5.02 Å². The second-order valence-electron chi connectivity index (χ2n) is 11.4. The molecule has 2 aromatic rings. The van der Waals surface area contributed by atoms with Gasteiger partial charge in [-0.05, 0) is 101 Å². The Kier molecular flexibility index (Phi) is 10.7. The third kappa shape index (κ3) is 7.51. The molecule has 0 saturated carbocycles. The number of hydrogen-bond acceptors (Lipinski definition) is 7. The lowest BCUT2D eigenvalue weighted by Crippen LogP contribution is -2.45. The molecule has 0 bridgehead atoms. The Labute approximate surface area is 254 Å². The van der Waals surface area contributed by atoms with Gasteiger partial charge in [0.1, 0.15) is 0 Å². The molecule has 1 N–H and O–H groups in total. The van der Waals surface area contributed by atoms with Gasteiger partial charge in [-0.25, -0.2) is 8.42 Å². The molecule has 9 nitrogen and oxygen atoms in total. The summed E-state index contributed by atoms with van der Waals surface area (Å²) in [7, 11) is -3.46. The van der Waals surface area contributed by atoms with Crippen LogP contribution >= 0.6 is 11.6 Å². The molecule has 4 rings (SSSR count). The zero-order chi connectivity index (χ0) is 30.4. The van der Waals surface area contributed by atoms with Crippen molar-refractivity contribution in [3.63, 3.8) is 0 Å². The van der Waals surface area contributed by atoms with Crippen molar-refractivity contribution in [2.45, 2.75) is 63.0 Å². The number of hydrogen-bond donors (Lipinski definition) is 1. The van der Waals surface area contributed by atoms with E-state index in [0.717, 1.165) is 24.2 Å². The van der Waals surface area contributed by atoms with Crippen molar-refractivity contribution in [2.75, 3.05) is 44.2 Å². The van der Waals surface area contributed by atoms with Crippen LogP contribution in [-0.2, 0) is 19.4 Å². The maximum Gasteiger partial charge on any atom is 0.230 e. The zero-order valence-corrected chi connectivity index (χ0v) is 26.2. The lowest BCUT2D eigenvalue weighted by atomic mass is 9.94. The van der Waals surface area contributed by atoms with E-state index >= 15 is 0 Å². The number of carbonyl (C=O) groups is 2. The van der Waals surface area contributed by atoms with Crippen molar-refractivity contribution in [3.05, 3.63) is 58.6 Å². The molecule has 0 unspecified atom stereocenters. The second-order valence-corrected chi connectivity index (χ2v) is 14.0. The van der Waals surface area contributed by atoms with Crippen LogP contribution in [0.3, 0.4) is 0 Å². The van der Waals surface area contributed by atoms with Crippen LogP contribution < -0.4 is 4.90 Å². The highest BCUT2D eigenvalue weighted by Gasteiger charge is 2.32. The SMILES string of the molecule is CC(=O)N1CCC(C(=O)N(CCCN2CCC(S(=O)(=O)c3ccc(C(C)=NO)cc3)CC2)c2ccc(C)c(Cl)c2)CC1. The summed E-state index contributed by atoms with van der Waals surface area (Å²) >= 11 is 6.43. The van der Waals surface area contributed by atoms with E-state index in [4.69, 9.17) is 16.8 Å². The fraction of sp³-hybridized carbons (Fsp3) is 0.516. The van der Waals surface area contributed by atoms with Gasteiger partial charge in [0.05, 0.1) is 15.9 Å². The van der Waals surface area contributed by atoms with Crippen LogP contribution in [0.15, 0.2) is 52.5 Å². The van der Waals surface area contributed by atoms with Crippen LogP contribution in [0.4, 0.5) is 5.69 Å². The predicted molar refractivity (Wildman–Crippen MR) is 165 cm³/mol. The quantitative estimate of drug-likeness (QED) is 0.247. The summed E-state index contributed by atoms with van der Waals surface area (Å²) in [5, 5.41) is 12.3. The number of sulfone groups is 1. The first kappa shape index (κ1) is 32.0. The Hall–Kier alpha value is -2.95. The smallest absolute Gasteiger partial charge is 0.230 e. The number of halogens is 1. The lowest BCUT2D eigenvalue weighted by molar-refractivity contribution is -0.133. The van der Waals surface area contributed by atoms with E-state index < -0.39 is 15.1 Å². The van der Waals surface area contributed by atoms with Crippen LogP contribution in [0.1, 0.15) is 57.1 Å². The minimum atomic E-state index is -3.46. The standard InChI is InChI=1S/C31H41ClN4O5S/c1-22-5-8-27(21-30(22)32)36(31(38)26-11-19-35(20-12-26)24(3)37)16-4-15-34-17-13-29(14-18-34)42(40,41)28-9-6-25(7-10-28)23(2)33-39/h5-10,21,26,29,39H,4,11-20H2,1-3H3. The first-order chi connectivity index (χ1) is 20.0. The summed E-state index contributed by atoms with van der Waals surface area (Å²) in [6.07, 6.45) is 3.13. The van der Waals surface area contributed by atoms with E-state index in [-0.39, 0.29) is 22.6 Å². The second kappa shape index (κ2) is 14.0. The van der Waals surface area contributed by atoms with Gasteiger partial charge in [0, 0.05) is 43.2 Å². The molecule has 2 aliphatic heterocycles. The van der Waals surface area contributed by atoms with E-state index in [0.29, 0.717) is 74.7 Å². The van der Waals surface area contributed by atoms with Gasteiger partial charge in [-0.1, -0.05) is 35.0 Å². The number of carbonyl (C=O) groups excluding carboxylic acids is 2. The average Bonchev–Trinajstić information content (AvgIpc) is 3.00. The molecule has 2 saturated heterocycles. The Morgan fingerprint density at radius 2 is 1.64 bits per heavy atom. The van der Waals surface area contributed by atoms with Gasteiger partial charge in [0.2, 0.25) is 11.8 Å². The van der Waals surface area contributed by atoms with Gasteiger partial charge in [0.15, 0.2) is 9.84 Å². The van der Waals surface area contributed by atoms with Crippen LogP contribution in [0, 0.1) is 12.8 Å². The summed E-state index contributed by atoms with van der Waals surface area (Å²) in [6, 6.07) is 12.2. The Morgan fingerprint density at radius 3 is 2.21 bits per heavy atom. The number of aryl methyl sites for hydroxylation is 1. The fourth-order valence-electron chi connectivity index (χ4n) is 5.81. The Morgan fingerprint density at radius 1 is 1.00 bits per heavy atom. The monoisotopic (exact) mass is 616 g/mol. The largest absolute Gasteiger partial charge is 0.411 e. The molecule has 228 valence electrons.